The average Bonchev–Trinajstić information content (AvgIpc) is 2.17. The smallest absolute Gasteiger partial charge is 0.307 e. The van der Waals surface area contributed by atoms with Gasteiger partial charge >= 0.3 is 5.97 Å². The van der Waals surface area contributed by atoms with E-state index >= 15 is 0 Å². The fourth-order valence-electron chi connectivity index (χ4n) is 1.10. The number of nitrogens with two attached hydrogens (primary N) is 1. The number of carbonyl (C=O) groups is 2. The molecule has 88 valence electrons. The standard InChI is InChI=1S/C10H20N2O3/c1-3-4-8(11)9(13)6-12-5-7(2)10(14)15/h7-8,12H,3-6,11H2,1-2H3,(H,14,15)/t7?,8-/m0/s1. The summed E-state index contributed by atoms with van der Waals surface area (Å²) < 4.78 is 0. The summed E-state index contributed by atoms with van der Waals surface area (Å²) >= 11 is 0. The van der Waals surface area contributed by atoms with E-state index in [0.29, 0.717) is 13.0 Å². The topological polar surface area (TPSA) is 92.4 Å². The number of aliphatic carboxylic acids is 1. The lowest BCUT2D eigenvalue weighted by Gasteiger charge is -2.11. The normalized spacial score (nSPS) is 14.6. The predicted molar refractivity (Wildman–Crippen MR) is 57.6 cm³/mol. The molecule has 0 aromatic heterocycles. The first-order valence-corrected chi connectivity index (χ1v) is 5.20. The zero-order valence-electron chi connectivity index (χ0n) is 9.32. The molecule has 2 atom stereocenters. The third kappa shape index (κ3) is 6.19. The molecule has 15 heavy (non-hydrogen) atoms. The lowest BCUT2D eigenvalue weighted by molar-refractivity contribution is -0.141. The molecule has 0 saturated carbocycles. The van der Waals surface area contributed by atoms with Crippen LogP contribution in [-0.4, -0.2) is 36.0 Å². The second-order valence-corrected chi connectivity index (χ2v) is 3.73. The van der Waals surface area contributed by atoms with E-state index in [4.69, 9.17) is 10.8 Å². The molecular formula is C10H20N2O3. The highest BCUT2D eigenvalue weighted by Crippen LogP contribution is 1.95. The van der Waals surface area contributed by atoms with Gasteiger partial charge in [-0.25, -0.2) is 0 Å². The van der Waals surface area contributed by atoms with Crippen molar-refractivity contribution < 1.29 is 14.7 Å². The van der Waals surface area contributed by atoms with Crippen molar-refractivity contribution in [3.8, 4) is 0 Å². The number of rotatable bonds is 8. The first kappa shape index (κ1) is 14.1. The highest BCUT2D eigenvalue weighted by molar-refractivity contribution is 5.85. The van der Waals surface area contributed by atoms with Crippen LogP contribution in [0.25, 0.3) is 0 Å². The Kier molecular flexibility index (Phi) is 6.90. The molecule has 0 aliphatic carbocycles. The summed E-state index contributed by atoms with van der Waals surface area (Å²) in [5.41, 5.74) is 5.60. The van der Waals surface area contributed by atoms with E-state index in [9.17, 15) is 9.59 Å². The SMILES string of the molecule is CCC[C@H](N)C(=O)CNCC(C)C(=O)O. The zero-order chi connectivity index (χ0) is 11.8. The van der Waals surface area contributed by atoms with Gasteiger partial charge in [0.1, 0.15) is 0 Å². The van der Waals surface area contributed by atoms with Crippen LogP contribution < -0.4 is 11.1 Å². The monoisotopic (exact) mass is 216 g/mol. The molecular weight excluding hydrogens is 196 g/mol. The third-order valence-corrected chi connectivity index (χ3v) is 2.18. The van der Waals surface area contributed by atoms with E-state index in [1.54, 1.807) is 6.92 Å². The number of Topliss-reactive ketones (excluding diaryl/α,β-unsaturated/α-hetero) is 1. The van der Waals surface area contributed by atoms with E-state index in [1.807, 2.05) is 6.92 Å². The average molecular weight is 216 g/mol. The van der Waals surface area contributed by atoms with Crippen LogP contribution in [0.5, 0.6) is 0 Å². The van der Waals surface area contributed by atoms with Crippen LogP contribution in [0.1, 0.15) is 26.7 Å². The van der Waals surface area contributed by atoms with Crippen molar-refractivity contribution in [3.63, 3.8) is 0 Å². The van der Waals surface area contributed by atoms with Gasteiger partial charge in [-0.15, -0.1) is 0 Å². The second-order valence-electron chi connectivity index (χ2n) is 3.73. The first-order valence-electron chi connectivity index (χ1n) is 5.20. The van der Waals surface area contributed by atoms with Gasteiger partial charge in [0.2, 0.25) is 0 Å². The van der Waals surface area contributed by atoms with Gasteiger partial charge in [0.15, 0.2) is 5.78 Å². The summed E-state index contributed by atoms with van der Waals surface area (Å²) in [5.74, 6) is -1.41. The summed E-state index contributed by atoms with van der Waals surface area (Å²) in [4.78, 5) is 21.8. The molecule has 0 rings (SSSR count). The molecule has 5 heteroatoms. The maximum absolute atomic E-state index is 11.3. The largest absolute Gasteiger partial charge is 0.481 e. The predicted octanol–water partition coefficient (Wildman–Crippen LogP) is -0.00680. The van der Waals surface area contributed by atoms with E-state index in [1.165, 1.54) is 0 Å². The molecule has 0 bridgehead atoms. The van der Waals surface area contributed by atoms with Gasteiger partial charge in [-0.05, 0) is 6.42 Å². The number of ketones is 1. The number of carboxylic acids is 1. The van der Waals surface area contributed by atoms with Crippen molar-refractivity contribution in [1.82, 2.24) is 5.32 Å². The van der Waals surface area contributed by atoms with Crippen molar-refractivity contribution in [2.45, 2.75) is 32.7 Å². The molecule has 1 unspecified atom stereocenters. The maximum atomic E-state index is 11.3. The molecule has 0 spiro atoms. The van der Waals surface area contributed by atoms with Gasteiger partial charge in [-0.2, -0.15) is 0 Å². The zero-order valence-corrected chi connectivity index (χ0v) is 9.32. The van der Waals surface area contributed by atoms with E-state index < -0.39 is 17.9 Å². The number of hydrogen-bond donors (Lipinski definition) is 3. The fraction of sp³-hybridized carbons (Fsp3) is 0.800. The minimum atomic E-state index is -0.868. The van der Waals surface area contributed by atoms with Crippen LogP contribution in [0.3, 0.4) is 0 Å². The molecule has 0 saturated heterocycles. The van der Waals surface area contributed by atoms with Crippen molar-refractivity contribution >= 4 is 11.8 Å². The number of nitrogens with one attached hydrogen (secondary N) is 1. The summed E-state index contributed by atoms with van der Waals surface area (Å²) in [7, 11) is 0. The van der Waals surface area contributed by atoms with Gasteiger partial charge in [-0.3, -0.25) is 9.59 Å². The number of carbonyl (C=O) groups excluding carboxylic acids is 1. The van der Waals surface area contributed by atoms with E-state index in [-0.39, 0.29) is 12.3 Å². The van der Waals surface area contributed by atoms with Crippen LogP contribution in [0, 0.1) is 5.92 Å². The highest BCUT2D eigenvalue weighted by atomic mass is 16.4. The summed E-state index contributed by atoms with van der Waals surface area (Å²) in [5, 5.41) is 11.4. The van der Waals surface area contributed by atoms with Gasteiger partial charge in [0, 0.05) is 6.54 Å². The maximum Gasteiger partial charge on any atom is 0.307 e. The number of hydrogen-bond acceptors (Lipinski definition) is 4. The van der Waals surface area contributed by atoms with Crippen LogP contribution in [-0.2, 0) is 9.59 Å². The van der Waals surface area contributed by atoms with Crippen LogP contribution in [0.2, 0.25) is 0 Å². The number of carboxylic acid groups (broad SMARTS) is 1. The fourth-order valence-corrected chi connectivity index (χ4v) is 1.10. The van der Waals surface area contributed by atoms with Gasteiger partial charge in [0.05, 0.1) is 18.5 Å². The van der Waals surface area contributed by atoms with Crippen LogP contribution in [0.15, 0.2) is 0 Å². The Balaban J connectivity index is 3.67. The molecule has 5 nitrogen and oxygen atoms in total. The first-order chi connectivity index (χ1) is 6.99. The van der Waals surface area contributed by atoms with Crippen molar-refractivity contribution in [1.29, 1.82) is 0 Å². The molecule has 0 aliphatic heterocycles. The minimum absolute atomic E-state index is 0.0607. The van der Waals surface area contributed by atoms with Crippen LogP contribution >= 0.6 is 0 Å². The van der Waals surface area contributed by atoms with Gasteiger partial charge in [-0.1, -0.05) is 20.3 Å². The highest BCUT2D eigenvalue weighted by Gasteiger charge is 2.14. The molecule has 0 aromatic carbocycles. The molecule has 0 aliphatic rings. The molecule has 0 amide bonds. The quantitative estimate of drug-likeness (QED) is 0.531. The van der Waals surface area contributed by atoms with Crippen molar-refractivity contribution in [2.75, 3.05) is 13.1 Å². The van der Waals surface area contributed by atoms with Gasteiger partial charge < -0.3 is 16.2 Å². The molecule has 0 heterocycles. The summed E-state index contributed by atoms with van der Waals surface area (Å²) in [6.07, 6.45) is 1.55. The molecule has 4 N–H and O–H groups in total. The Labute approximate surface area is 90.0 Å². The lowest BCUT2D eigenvalue weighted by Crippen LogP contribution is -2.39. The molecule has 0 radical (unpaired) electrons. The minimum Gasteiger partial charge on any atom is -0.481 e. The Morgan fingerprint density at radius 1 is 1.47 bits per heavy atom. The third-order valence-electron chi connectivity index (χ3n) is 2.18. The Bertz CT molecular complexity index is 219. The Hall–Kier alpha value is -0.940. The molecule has 0 fully saturated rings. The van der Waals surface area contributed by atoms with Crippen LogP contribution in [0.4, 0.5) is 0 Å². The Morgan fingerprint density at radius 2 is 2.07 bits per heavy atom. The van der Waals surface area contributed by atoms with E-state index in [2.05, 4.69) is 5.32 Å². The van der Waals surface area contributed by atoms with Crippen molar-refractivity contribution in [2.24, 2.45) is 11.7 Å². The van der Waals surface area contributed by atoms with E-state index in [0.717, 1.165) is 6.42 Å². The Morgan fingerprint density at radius 3 is 2.53 bits per heavy atom. The van der Waals surface area contributed by atoms with Gasteiger partial charge in [0.25, 0.3) is 0 Å². The second kappa shape index (κ2) is 7.36. The van der Waals surface area contributed by atoms with Crippen molar-refractivity contribution in [3.05, 3.63) is 0 Å². The lowest BCUT2D eigenvalue weighted by atomic mass is 10.1. The summed E-state index contributed by atoms with van der Waals surface area (Å²) in [6.45, 7) is 4.00. The molecule has 0 aromatic rings. The summed E-state index contributed by atoms with van der Waals surface area (Å²) in [6, 6.07) is -0.428.